The normalized spacial score (nSPS) is 25.6. The predicted octanol–water partition coefficient (Wildman–Crippen LogP) is -0.688. The van der Waals surface area contributed by atoms with E-state index < -0.39 is 43.5 Å². The lowest BCUT2D eigenvalue weighted by Gasteiger charge is -2.33. The summed E-state index contributed by atoms with van der Waals surface area (Å²) in [5.74, 6) is -0.815. The average molecular weight is 334 g/mol. The highest BCUT2D eigenvalue weighted by Gasteiger charge is 2.45. The van der Waals surface area contributed by atoms with Crippen molar-refractivity contribution in [2.75, 3.05) is 25.6 Å². The number of hydrogen-bond donors (Lipinski definition) is 1. The summed E-state index contributed by atoms with van der Waals surface area (Å²) in [5, 5.41) is 11.2. The van der Waals surface area contributed by atoms with Crippen LogP contribution in [-0.2, 0) is 19.9 Å². The maximum Gasteiger partial charge on any atom is 0.256 e. The number of nitrogens with zero attached hydrogens (tertiary/aromatic N) is 2. The monoisotopic (exact) mass is 334 g/mol. The number of sulfonamides is 1. The fraction of sp³-hybridized carbons (Fsp3) is 0.500. The third-order valence-electron chi connectivity index (χ3n) is 3.26. The van der Waals surface area contributed by atoms with E-state index in [1.165, 1.54) is 31.2 Å². The van der Waals surface area contributed by atoms with Crippen LogP contribution in [0.15, 0.2) is 35.2 Å². The summed E-state index contributed by atoms with van der Waals surface area (Å²) in [6.45, 7) is 0. The quantitative estimate of drug-likeness (QED) is 0.733. The largest absolute Gasteiger partial charge is 0.390 e. The van der Waals surface area contributed by atoms with E-state index in [4.69, 9.17) is 0 Å². The van der Waals surface area contributed by atoms with Crippen molar-refractivity contribution < 1.29 is 21.9 Å². The lowest BCUT2D eigenvalue weighted by Crippen LogP contribution is -2.53. The van der Waals surface area contributed by atoms with Crippen LogP contribution in [0.3, 0.4) is 0 Å². The van der Waals surface area contributed by atoms with Crippen molar-refractivity contribution in [2.45, 2.75) is 17.0 Å². The summed E-state index contributed by atoms with van der Waals surface area (Å²) in [7, 11) is -4.38. The molecular formula is C12H18N2O5S2. The molecule has 1 aliphatic rings. The molecule has 1 aromatic carbocycles. The highest BCUT2D eigenvalue weighted by atomic mass is 32.2. The van der Waals surface area contributed by atoms with Gasteiger partial charge in [-0.15, -0.1) is 4.41 Å². The summed E-state index contributed by atoms with van der Waals surface area (Å²) in [4.78, 5) is 0.0511. The Morgan fingerprint density at radius 1 is 1.14 bits per heavy atom. The van der Waals surface area contributed by atoms with Crippen molar-refractivity contribution in [3.63, 3.8) is 0 Å². The van der Waals surface area contributed by atoms with E-state index in [-0.39, 0.29) is 4.90 Å². The van der Waals surface area contributed by atoms with Crippen LogP contribution in [0.4, 0.5) is 0 Å². The number of hydrogen-bond acceptors (Lipinski definition) is 6. The third-order valence-corrected chi connectivity index (χ3v) is 6.92. The summed E-state index contributed by atoms with van der Waals surface area (Å²) in [5.41, 5.74) is 0. The molecule has 0 unspecified atom stereocenters. The minimum absolute atomic E-state index is 0.0511. The molecule has 2 atom stereocenters. The van der Waals surface area contributed by atoms with Crippen LogP contribution in [-0.4, -0.2) is 69.1 Å². The lowest BCUT2D eigenvalue weighted by molar-refractivity contribution is 0.0272. The maximum atomic E-state index is 12.7. The summed E-state index contributed by atoms with van der Waals surface area (Å²) >= 11 is 0. The van der Waals surface area contributed by atoms with E-state index >= 15 is 0 Å². The zero-order valence-electron chi connectivity index (χ0n) is 11.7. The van der Waals surface area contributed by atoms with Crippen molar-refractivity contribution in [3.8, 4) is 0 Å². The smallest absolute Gasteiger partial charge is 0.256 e. The van der Waals surface area contributed by atoms with Gasteiger partial charge in [0.05, 0.1) is 28.5 Å². The van der Waals surface area contributed by atoms with Crippen molar-refractivity contribution >= 4 is 19.9 Å². The van der Waals surface area contributed by atoms with Gasteiger partial charge in [-0.2, -0.15) is 0 Å². The first-order valence-electron chi connectivity index (χ1n) is 6.30. The van der Waals surface area contributed by atoms with Crippen LogP contribution in [0.5, 0.6) is 0 Å². The van der Waals surface area contributed by atoms with E-state index in [1.54, 1.807) is 18.2 Å². The van der Waals surface area contributed by atoms with E-state index in [0.717, 1.165) is 4.41 Å². The second kappa shape index (κ2) is 5.65. The number of sulfone groups is 1. The van der Waals surface area contributed by atoms with Crippen LogP contribution in [0.2, 0.25) is 0 Å². The lowest BCUT2D eigenvalue weighted by atomic mass is 10.2. The molecule has 1 N–H and O–H groups in total. The standard InChI is InChI=1S/C12H18N2O5S2/c1-13(2)14(11-8-20(16,17)9-12(11)15)21(18,19)10-6-4-3-5-7-10/h3-7,11-12,15H,8-9H2,1-2H3/t11-,12-/m0/s1. The van der Waals surface area contributed by atoms with E-state index in [0.29, 0.717) is 0 Å². The second-order valence-electron chi connectivity index (χ2n) is 5.15. The first kappa shape index (κ1) is 16.4. The Bertz CT molecular complexity index is 700. The van der Waals surface area contributed by atoms with Gasteiger partial charge in [-0.1, -0.05) is 18.2 Å². The Hall–Kier alpha value is -1.00. The molecule has 9 heteroatoms. The Morgan fingerprint density at radius 3 is 2.14 bits per heavy atom. The number of aliphatic hydroxyl groups excluding tert-OH is 1. The van der Waals surface area contributed by atoms with Crippen molar-refractivity contribution in [1.82, 2.24) is 9.42 Å². The van der Waals surface area contributed by atoms with Gasteiger partial charge in [0.1, 0.15) is 0 Å². The summed E-state index contributed by atoms with van der Waals surface area (Å²) < 4.78 is 49.6. The molecule has 0 aliphatic carbocycles. The topological polar surface area (TPSA) is 95.0 Å². The SMILES string of the molecule is CN(C)N([C@H]1CS(=O)(=O)C[C@@H]1O)S(=O)(=O)c1ccccc1. The second-order valence-corrected chi connectivity index (χ2v) is 9.10. The molecule has 0 radical (unpaired) electrons. The van der Waals surface area contributed by atoms with Crippen LogP contribution < -0.4 is 0 Å². The zero-order chi connectivity index (χ0) is 15.8. The van der Waals surface area contributed by atoms with Crippen LogP contribution in [0.25, 0.3) is 0 Å². The highest BCUT2D eigenvalue weighted by molar-refractivity contribution is 7.92. The molecule has 0 amide bonds. The van der Waals surface area contributed by atoms with Gasteiger partial charge in [-0.3, -0.25) is 0 Å². The van der Waals surface area contributed by atoms with Crippen LogP contribution in [0.1, 0.15) is 0 Å². The number of aliphatic hydroxyl groups is 1. The summed E-state index contributed by atoms with van der Waals surface area (Å²) in [6, 6.07) is 6.71. The van der Waals surface area contributed by atoms with Crippen molar-refractivity contribution in [2.24, 2.45) is 0 Å². The molecule has 1 heterocycles. The molecule has 0 saturated carbocycles. The molecule has 2 rings (SSSR count). The van der Waals surface area contributed by atoms with Gasteiger partial charge in [0, 0.05) is 14.1 Å². The molecule has 1 fully saturated rings. The van der Waals surface area contributed by atoms with Gasteiger partial charge in [0.15, 0.2) is 9.84 Å². The number of benzene rings is 1. The van der Waals surface area contributed by atoms with E-state index in [9.17, 15) is 21.9 Å². The fourth-order valence-electron chi connectivity index (χ4n) is 2.41. The van der Waals surface area contributed by atoms with Gasteiger partial charge in [0.2, 0.25) is 0 Å². The molecule has 1 saturated heterocycles. The number of rotatable bonds is 4. The Kier molecular flexibility index (Phi) is 4.41. The zero-order valence-corrected chi connectivity index (χ0v) is 13.4. The maximum absolute atomic E-state index is 12.7. The van der Waals surface area contributed by atoms with Crippen molar-refractivity contribution in [3.05, 3.63) is 30.3 Å². The van der Waals surface area contributed by atoms with E-state index in [2.05, 4.69) is 0 Å². The van der Waals surface area contributed by atoms with Gasteiger partial charge in [0.25, 0.3) is 10.0 Å². The third kappa shape index (κ3) is 3.27. The number of hydrazine groups is 1. The Labute approximate surface area is 124 Å². The molecule has 7 nitrogen and oxygen atoms in total. The molecule has 0 aromatic heterocycles. The highest BCUT2D eigenvalue weighted by Crippen LogP contribution is 2.25. The predicted molar refractivity (Wildman–Crippen MR) is 77.6 cm³/mol. The first-order valence-corrected chi connectivity index (χ1v) is 9.56. The van der Waals surface area contributed by atoms with Crippen molar-refractivity contribution in [1.29, 1.82) is 0 Å². The first-order chi connectivity index (χ1) is 9.65. The summed E-state index contributed by atoms with van der Waals surface area (Å²) in [6.07, 6.45) is -1.24. The van der Waals surface area contributed by atoms with Gasteiger partial charge in [-0.25, -0.2) is 21.8 Å². The molecule has 1 aromatic rings. The molecule has 21 heavy (non-hydrogen) atoms. The molecule has 0 spiro atoms. The van der Waals surface area contributed by atoms with E-state index in [1.807, 2.05) is 0 Å². The van der Waals surface area contributed by atoms with Gasteiger partial charge >= 0.3 is 0 Å². The fourth-order valence-corrected chi connectivity index (χ4v) is 5.99. The molecule has 0 bridgehead atoms. The molecular weight excluding hydrogens is 316 g/mol. The minimum atomic E-state index is -3.93. The Morgan fingerprint density at radius 2 is 1.71 bits per heavy atom. The minimum Gasteiger partial charge on any atom is -0.390 e. The van der Waals surface area contributed by atoms with Crippen LogP contribution in [0, 0.1) is 0 Å². The molecule has 1 aliphatic heterocycles. The van der Waals surface area contributed by atoms with Gasteiger partial charge < -0.3 is 5.11 Å². The average Bonchev–Trinajstić information content (AvgIpc) is 2.63. The van der Waals surface area contributed by atoms with Crippen LogP contribution >= 0.6 is 0 Å². The Balaban J connectivity index is 2.46. The molecule has 118 valence electrons. The van der Waals surface area contributed by atoms with Gasteiger partial charge in [-0.05, 0) is 12.1 Å².